The topological polar surface area (TPSA) is 49.4 Å². The summed E-state index contributed by atoms with van der Waals surface area (Å²) in [5, 5.41) is 2.98. The zero-order valence-corrected chi connectivity index (χ0v) is 19.3. The van der Waals surface area contributed by atoms with E-state index in [2.05, 4.69) is 24.4 Å². The van der Waals surface area contributed by atoms with E-state index < -0.39 is 0 Å². The summed E-state index contributed by atoms with van der Waals surface area (Å²) < 4.78 is 0. The zero-order chi connectivity index (χ0) is 23.0. The highest BCUT2D eigenvalue weighted by atomic mass is 16.2. The van der Waals surface area contributed by atoms with Gasteiger partial charge in [0, 0.05) is 18.2 Å². The number of amides is 2. The molecule has 33 heavy (non-hydrogen) atoms. The van der Waals surface area contributed by atoms with Crippen LogP contribution in [-0.4, -0.2) is 11.8 Å². The lowest BCUT2D eigenvalue weighted by Gasteiger charge is -2.27. The third-order valence-electron chi connectivity index (χ3n) is 6.51. The highest BCUT2D eigenvalue weighted by Crippen LogP contribution is 2.30. The molecule has 0 saturated heterocycles. The lowest BCUT2D eigenvalue weighted by molar-refractivity contribution is -0.122. The molecule has 1 N–H and O–H groups in total. The van der Waals surface area contributed by atoms with Crippen LogP contribution in [0.3, 0.4) is 0 Å². The van der Waals surface area contributed by atoms with Gasteiger partial charge in [0.25, 0.3) is 0 Å². The maximum atomic E-state index is 13.4. The predicted molar refractivity (Wildman–Crippen MR) is 133 cm³/mol. The molecule has 0 aliphatic heterocycles. The van der Waals surface area contributed by atoms with Crippen LogP contribution in [0.25, 0.3) is 0 Å². The van der Waals surface area contributed by atoms with Gasteiger partial charge in [-0.3, -0.25) is 9.59 Å². The molecule has 0 spiro atoms. The average Bonchev–Trinajstić information content (AvgIpc) is 3.38. The van der Waals surface area contributed by atoms with E-state index >= 15 is 0 Å². The lowest BCUT2D eigenvalue weighted by Crippen LogP contribution is -2.35. The molecule has 2 amide bonds. The van der Waals surface area contributed by atoms with E-state index in [0.717, 1.165) is 48.1 Å². The molecule has 4 nitrogen and oxygen atoms in total. The fraction of sp³-hybridized carbons (Fsp3) is 0.310. The number of nitrogens with zero attached hydrogens (tertiary/aromatic N) is 1. The molecule has 0 bridgehead atoms. The van der Waals surface area contributed by atoms with Gasteiger partial charge in [-0.15, -0.1) is 0 Å². The van der Waals surface area contributed by atoms with Crippen molar-refractivity contribution in [2.75, 3.05) is 4.90 Å². The molecule has 0 aromatic heterocycles. The molecule has 4 rings (SSSR count). The minimum absolute atomic E-state index is 0.00889. The van der Waals surface area contributed by atoms with Crippen molar-refractivity contribution < 1.29 is 9.59 Å². The second-order valence-corrected chi connectivity index (χ2v) is 8.94. The number of carbonyl (C=O) groups excluding carboxylic acids is 2. The summed E-state index contributed by atoms with van der Waals surface area (Å²) >= 11 is 0. The fourth-order valence-electron chi connectivity index (χ4n) is 4.49. The molecular weight excluding hydrogens is 408 g/mol. The first-order chi connectivity index (χ1) is 16.1. The molecule has 1 fully saturated rings. The van der Waals surface area contributed by atoms with E-state index in [-0.39, 0.29) is 17.7 Å². The van der Waals surface area contributed by atoms with Crippen LogP contribution in [0, 0.1) is 12.8 Å². The maximum absolute atomic E-state index is 13.4. The number of carbonyl (C=O) groups is 2. The molecular formula is C29H32N2O2. The van der Waals surface area contributed by atoms with Crippen LogP contribution in [0.2, 0.25) is 0 Å². The van der Waals surface area contributed by atoms with Crippen molar-refractivity contribution in [2.45, 2.75) is 52.1 Å². The Balaban J connectivity index is 1.45. The standard InChI is InChI=1S/C29H32N2O2/c1-22-9-5-6-14-26(22)21-31(29(33)25-12-7-8-13-25)27-17-15-23(16-18-27)19-28(32)30-20-24-10-3-2-4-11-24/h2-6,9-11,14-18,25H,7-8,12-13,19-21H2,1H3,(H,30,32). The van der Waals surface area contributed by atoms with Crippen molar-refractivity contribution in [2.24, 2.45) is 5.92 Å². The molecule has 1 aliphatic carbocycles. The number of nitrogens with one attached hydrogen (secondary N) is 1. The van der Waals surface area contributed by atoms with Crippen molar-refractivity contribution in [3.05, 3.63) is 101 Å². The molecule has 0 atom stereocenters. The van der Waals surface area contributed by atoms with Gasteiger partial charge in [0.05, 0.1) is 13.0 Å². The van der Waals surface area contributed by atoms with Gasteiger partial charge in [-0.1, -0.05) is 79.6 Å². The van der Waals surface area contributed by atoms with Crippen molar-refractivity contribution in [1.29, 1.82) is 0 Å². The molecule has 3 aromatic carbocycles. The Morgan fingerprint density at radius 1 is 0.848 bits per heavy atom. The number of aryl methyl sites for hydroxylation is 1. The SMILES string of the molecule is Cc1ccccc1CN(C(=O)C1CCCC1)c1ccc(CC(=O)NCc2ccccc2)cc1. The smallest absolute Gasteiger partial charge is 0.230 e. The summed E-state index contributed by atoms with van der Waals surface area (Å²) in [7, 11) is 0. The Bertz CT molecular complexity index is 1070. The van der Waals surface area contributed by atoms with E-state index in [1.807, 2.05) is 71.6 Å². The van der Waals surface area contributed by atoms with Crippen LogP contribution >= 0.6 is 0 Å². The van der Waals surface area contributed by atoms with E-state index in [1.54, 1.807) is 0 Å². The van der Waals surface area contributed by atoms with Crippen molar-refractivity contribution in [3.63, 3.8) is 0 Å². The Morgan fingerprint density at radius 3 is 2.21 bits per heavy atom. The van der Waals surface area contributed by atoms with Gasteiger partial charge < -0.3 is 10.2 Å². The molecule has 3 aromatic rings. The molecule has 170 valence electrons. The molecule has 0 radical (unpaired) electrons. The first kappa shape index (κ1) is 22.8. The summed E-state index contributed by atoms with van der Waals surface area (Å²) in [5.41, 5.74) is 5.26. The van der Waals surface area contributed by atoms with E-state index in [0.29, 0.717) is 19.5 Å². The zero-order valence-electron chi connectivity index (χ0n) is 19.3. The van der Waals surface area contributed by atoms with Crippen LogP contribution < -0.4 is 10.2 Å². The largest absolute Gasteiger partial charge is 0.352 e. The summed E-state index contributed by atoms with van der Waals surface area (Å²) in [6, 6.07) is 26.0. The normalized spacial score (nSPS) is 13.6. The second-order valence-electron chi connectivity index (χ2n) is 8.94. The number of hydrogen-bond acceptors (Lipinski definition) is 2. The van der Waals surface area contributed by atoms with Crippen molar-refractivity contribution >= 4 is 17.5 Å². The molecule has 4 heteroatoms. The van der Waals surface area contributed by atoms with Gasteiger partial charge in [0.1, 0.15) is 0 Å². The Hall–Kier alpha value is -3.40. The molecule has 1 saturated carbocycles. The highest BCUT2D eigenvalue weighted by molar-refractivity contribution is 5.95. The predicted octanol–water partition coefficient (Wildman–Crippen LogP) is 5.58. The van der Waals surface area contributed by atoms with Crippen LogP contribution in [0.1, 0.15) is 47.9 Å². The number of rotatable bonds is 8. The quantitative estimate of drug-likeness (QED) is 0.497. The van der Waals surface area contributed by atoms with E-state index in [4.69, 9.17) is 0 Å². The Kier molecular flexibility index (Phi) is 7.56. The van der Waals surface area contributed by atoms with Crippen LogP contribution in [-0.2, 0) is 29.1 Å². The number of anilines is 1. The van der Waals surface area contributed by atoms with Crippen molar-refractivity contribution in [3.8, 4) is 0 Å². The fourth-order valence-corrected chi connectivity index (χ4v) is 4.49. The van der Waals surface area contributed by atoms with Gasteiger partial charge in [0.15, 0.2) is 0 Å². The maximum Gasteiger partial charge on any atom is 0.230 e. The lowest BCUT2D eigenvalue weighted by atomic mass is 10.0. The van der Waals surface area contributed by atoms with Gasteiger partial charge in [0.2, 0.25) is 11.8 Å². The Labute approximate surface area is 196 Å². The van der Waals surface area contributed by atoms with Crippen molar-refractivity contribution in [1.82, 2.24) is 5.32 Å². The monoisotopic (exact) mass is 440 g/mol. The van der Waals surface area contributed by atoms with Gasteiger partial charge in [-0.25, -0.2) is 0 Å². The summed E-state index contributed by atoms with van der Waals surface area (Å²) in [4.78, 5) is 27.7. The molecule has 1 aliphatic rings. The van der Waals surface area contributed by atoms with Crippen LogP contribution in [0.5, 0.6) is 0 Å². The van der Waals surface area contributed by atoms with E-state index in [1.165, 1.54) is 5.56 Å². The van der Waals surface area contributed by atoms with Crippen LogP contribution in [0.4, 0.5) is 5.69 Å². The minimum Gasteiger partial charge on any atom is -0.352 e. The molecule has 0 unspecified atom stereocenters. The van der Waals surface area contributed by atoms with Gasteiger partial charge >= 0.3 is 0 Å². The minimum atomic E-state index is -0.00889. The van der Waals surface area contributed by atoms with Crippen LogP contribution in [0.15, 0.2) is 78.9 Å². The third-order valence-corrected chi connectivity index (χ3v) is 6.51. The summed E-state index contributed by atoms with van der Waals surface area (Å²) in [5.74, 6) is 0.312. The third kappa shape index (κ3) is 6.10. The molecule has 0 heterocycles. The first-order valence-corrected chi connectivity index (χ1v) is 11.9. The first-order valence-electron chi connectivity index (χ1n) is 11.9. The summed E-state index contributed by atoms with van der Waals surface area (Å²) in [6.07, 6.45) is 4.53. The number of benzene rings is 3. The van der Waals surface area contributed by atoms with Gasteiger partial charge in [-0.05, 0) is 54.2 Å². The Morgan fingerprint density at radius 2 is 1.52 bits per heavy atom. The second kappa shape index (κ2) is 11.0. The highest BCUT2D eigenvalue weighted by Gasteiger charge is 2.28. The number of hydrogen-bond donors (Lipinski definition) is 1. The summed E-state index contributed by atoms with van der Waals surface area (Å²) in [6.45, 7) is 3.18. The average molecular weight is 441 g/mol. The van der Waals surface area contributed by atoms with E-state index in [9.17, 15) is 9.59 Å². The van der Waals surface area contributed by atoms with Gasteiger partial charge in [-0.2, -0.15) is 0 Å².